The number of hydrogen-bond acceptors (Lipinski definition) is 6. The van der Waals surface area contributed by atoms with Crippen LogP contribution in [0.5, 0.6) is 11.5 Å². The largest absolute Gasteiger partial charge is 0.427 e. The predicted octanol–water partition coefficient (Wildman–Crippen LogP) is 8.69. The first-order valence-electron chi connectivity index (χ1n) is 21.6. The van der Waals surface area contributed by atoms with E-state index in [9.17, 15) is 9.59 Å². The van der Waals surface area contributed by atoms with Gasteiger partial charge in [-0.1, -0.05) is 50.7 Å². The predicted molar refractivity (Wildman–Crippen MR) is 203 cm³/mol. The number of ether oxygens (including phenoxy) is 2. The van der Waals surface area contributed by atoms with Crippen LogP contribution in [-0.2, 0) is 33.3 Å². The van der Waals surface area contributed by atoms with Gasteiger partial charge in [-0.25, -0.2) is 0 Å². The fourth-order valence-electron chi connectivity index (χ4n) is 13.3. The molecule has 4 saturated carbocycles. The van der Waals surface area contributed by atoms with Crippen LogP contribution in [0.4, 0.5) is 0 Å². The Balaban J connectivity index is 0.785. The summed E-state index contributed by atoms with van der Waals surface area (Å²) < 4.78 is 11.9. The Labute approximate surface area is 311 Å². The zero-order valence-electron chi connectivity index (χ0n) is 31.4. The molecule has 0 radical (unpaired) electrons. The van der Waals surface area contributed by atoms with Crippen molar-refractivity contribution in [3.05, 3.63) is 58.7 Å². The average molecular weight is 705 g/mol. The molecule has 0 amide bonds. The number of rotatable bonds is 9. The van der Waals surface area contributed by atoms with Gasteiger partial charge in [0.25, 0.3) is 0 Å². The molecule has 6 fully saturated rings. The molecule has 4 bridgehead atoms. The lowest BCUT2D eigenvalue weighted by Gasteiger charge is -2.59. The number of carbonyl (C=O) groups is 2. The molecular weight excluding hydrogens is 645 g/mol. The first-order valence-corrected chi connectivity index (χ1v) is 21.6. The zero-order chi connectivity index (χ0) is 34.9. The number of likely N-dealkylation sites (tertiary alicyclic amines) is 2. The average Bonchev–Trinajstić information content (AvgIpc) is 3.12. The van der Waals surface area contributed by atoms with Gasteiger partial charge >= 0.3 is 11.9 Å². The maximum Gasteiger partial charge on any atom is 0.311 e. The summed E-state index contributed by atoms with van der Waals surface area (Å²) in [7, 11) is 0. The van der Waals surface area contributed by atoms with Crippen molar-refractivity contribution in [3.8, 4) is 11.5 Å². The molecule has 0 N–H and O–H groups in total. The highest BCUT2D eigenvalue weighted by Gasteiger charge is 2.55. The molecule has 10 rings (SSSR count). The number of esters is 2. The van der Waals surface area contributed by atoms with Crippen molar-refractivity contribution in [2.75, 3.05) is 26.2 Å². The molecule has 0 unspecified atom stereocenters. The number of piperidine rings is 2. The summed E-state index contributed by atoms with van der Waals surface area (Å²) in [6, 6.07) is 14.2. The minimum atomic E-state index is -0.354. The van der Waals surface area contributed by atoms with Crippen molar-refractivity contribution in [1.82, 2.24) is 9.80 Å². The van der Waals surface area contributed by atoms with E-state index < -0.39 is 0 Å². The number of fused-ring (bicyclic) bond motifs is 2. The SMILES string of the molecule is O=C(CCC(=O)Oc1ccc2c(c1)[C@@]13CCCC[C@H]1[C@H](C2)N(CC1CCC1)CC3)Oc1ccc2c(c1)[C@@]13CCCC[C@H]1[C@H](C2)N(CC1CCC1)CC3. The summed E-state index contributed by atoms with van der Waals surface area (Å²) in [4.78, 5) is 32.0. The quantitative estimate of drug-likeness (QED) is 0.192. The van der Waals surface area contributed by atoms with Gasteiger partial charge in [0.2, 0.25) is 0 Å². The summed E-state index contributed by atoms with van der Waals surface area (Å²) in [6.07, 6.45) is 23.6. The second-order valence-electron chi connectivity index (χ2n) is 18.7. The minimum Gasteiger partial charge on any atom is -0.427 e. The number of nitrogens with zero attached hydrogens (tertiary/aromatic N) is 2. The molecule has 2 aromatic carbocycles. The zero-order valence-corrected chi connectivity index (χ0v) is 31.4. The van der Waals surface area contributed by atoms with Gasteiger partial charge in [-0.05, 0) is 160 Å². The van der Waals surface area contributed by atoms with E-state index in [2.05, 4.69) is 34.1 Å². The molecule has 2 heterocycles. The monoisotopic (exact) mass is 704 g/mol. The van der Waals surface area contributed by atoms with Crippen molar-refractivity contribution >= 4 is 11.9 Å². The van der Waals surface area contributed by atoms with Crippen LogP contribution in [0.25, 0.3) is 0 Å². The molecule has 2 saturated heterocycles. The Morgan fingerprint density at radius 2 is 1.04 bits per heavy atom. The molecular formula is C46H60N2O4. The molecule has 0 spiro atoms. The third-order valence-electron chi connectivity index (χ3n) is 16.3. The molecule has 2 aliphatic heterocycles. The van der Waals surface area contributed by atoms with Crippen molar-refractivity contribution in [1.29, 1.82) is 0 Å². The Kier molecular flexibility index (Phi) is 8.82. The van der Waals surface area contributed by atoms with E-state index in [1.165, 1.54) is 151 Å². The number of benzene rings is 2. The van der Waals surface area contributed by atoms with E-state index in [4.69, 9.17) is 9.47 Å². The first-order chi connectivity index (χ1) is 25.5. The van der Waals surface area contributed by atoms with Gasteiger partial charge in [-0.15, -0.1) is 0 Å². The molecule has 0 aromatic heterocycles. The van der Waals surface area contributed by atoms with Crippen molar-refractivity contribution in [3.63, 3.8) is 0 Å². The van der Waals surface area contributed by atoms with Crippen molar-refractivity contribution in [2.24, 2.45) is 23.7 Å². The molecule has 6 heteroatoms. The highest BCUT2D eigenvalue weighted by atomic mass is 16.5. The van der Waals surface area contributed by atoms with Crippen LogP contribution < -0.4 is 9.47 Å². The third kappa shape index (κ3) is 5.79. The van der Waals surface area contributed by atoms with Gasteiger partial charge in [0.1, 0.15) is 11.5 Å². The van der Waals surface area contributed by atoms with Crippen LogP contribution in [0, 0.1) is 23.7 Å². The summed E-state index contributed by atoms with van der Waals surface area (Å²) in [6.45, 7) is 4.99. The second-order valence-corrected chi connectivity index (χ2v) is 18.7. The molecule has 6 atom stereocenters. The van der Waals surface area contributed by atoms with Gasteiger partial charge in [-0.3, -0.25) is 19.4 Å². The smallest absolute Gasteiger partial charge is 0.311 e. The second kappa shape index (κ2) is 13.6. The summed E-state index contributed by atoms with van der Waals surface area (Å²) in [5, 5.41) is 0. The lowest BCUT2D eigenvalue weighted by atomic mass is 9.52. The standard InChI is InChI=1S/C46H60N2O4/c49-43(51-35-15-13-33-25-41-37-11-1-3-19-45(37,39(33)27-35)21-23-47(41)29-31-7-5-8-31)17-18-44(50)52-36-16-14-34-26-42-38-12-2-4-20-46(38,40(34)28-36)22-24-48(42)30-32-9-6-10-32/h13-16,27-28,31-32,37-38,41-42H,1-12,17-26,29-30H2/t37-,38-,41-,42-,45+,46+/m0/s1. The fourth-order valence-corrected chi connectivity index (χ4v) is 13.3. The lowest BCUT2D eigenvalue weighted by Crippen LogP contribution is -2.61. The minimum absolute atomic E-state index is 0.0251. The van der Waals surface area contributed by atoms with Gasteiger partial charge in [0.05, 0.1) is 12.8 Å². The molecule has 8 aliphatic rings. The Bertz CT molecular complexity index is 1570. The van der Waals surface area contributed by atoms with Gasteiger partial charge in [-0.2, -0.15) is 0 Å². The lowest BCUT2D eigenvalue weighted by molar-refractivity contribution is -0.140. The topological polar surface area (TPSA) is 59.1 Å². The van der Waals surface area contributed by atoms with Crippen LogP contribution in [0.15, 0.2) is 36.4 Å². The molecule has 6 aliphatic carbocycles. The van der Waals surface area contributed by atoms with Crippen LogP contribution in [-0.4, -0.2) is 60.0 Å². The van der Waals surface area contributed by atoms with Crippen molar-refractivity contribution in [2.45, 2.75) is 151 Å². The fraction of sp³-hybridized carbons (Fsp3) is 0.696. The normalized spacial score (nSPS) is 34.1. The van der Waals surface area contributed by atoms with E-state index in [1.54, 1.807) is 0 Å². The van der Waals surface area contributed by atoms with Gasteiger partial charge < -0.3 is 9.47 Å². The molecule has 278 valence electrons. The van der Waals surface area contributed by atoms with E-state index in [0.29, 0.717) is 35.4 Å². The third-order valence-corrected chi connectivity index (χ3v) is 16.3. The van der Waals surface area contributed by atoms with E-state index in [-0.39, 0.29) is 35.6 Å². The number of carbonyl (C=O) groups excluding carboxylic acids is 2. The van der Waals surface area contributed by atoms with E-state index in [0.717, 1.165) is 24.7 Å². The van der Waals surface area contributed by atoms with Crippen LogP contribution in [0.2, 0.25) is 0 Å². The maximum absolute atomic E-state index is 13.2. The van der Waals surface area contributed by atoms with Crippen LogP contribution in [0.1, 0.15) is 138 Å². The van der Waals surface area contributed by atoms with E-state index >= 15 is 0 Å². The highest BCUT2D eigenvalue weighted by Crippen LogP contribution is 2.58. The number of hydrogen-bond donors (Lipinski definition) is 0. The Hall–Kier alpha value is -2.70. The van der Waals surface area contributed by atoms with Crippen LogP contribution >= 0.6 is 0 Å². The molecule has 52 heavy (non-hydrogen) atoms. The molecule has 2 aromatic rings. The Morgan fingerprint density at radius 1 is 0.577 bits per heavy atom. The van der Waals surface area contributed by atoms with E-state index in [1.807, 2.05) is 12.1 Å². The highest BCUT2D eigenvalue weighted by molar-refractivity contribution is 5.80. The Morgan fingerprint density at radius 3 is 1.46 bits per heavy atom. The van der Waals surface area contributed by atoms with Gasteiger partial charge in [0.15, 0.2) is 0 Å². The first kappa shape index (κ1) is 33.8. The van der Waals surface area contributed by atoms with Gasteiger partial charge in [0, 0.05) is 36.0 Å². The van der Waals surface area contributed by atoms with Crippen LogP contribution in [0.3, 0.4) is 0 Å². The van der Waals surface area contributed by atoms with Crippen molar-refractivity contribution < 1.29 is 19.1 Å². The summed E-state index contributed by atoms with van der Waals surface area (Å²) in [5.74, 6) is 3.80. The maximum atomic E-state index is 13.2. The summed E-state index contributed by atoms with van der Waals surface area (Å²) >= 11 is 0. The summed E-state index contributed by atoms with van der Waals surface area (Å²) in [5.41, 5.74) is 6.26. The molecule has 6 nitrogen and oxygen atoms in total.